The monoisotopic (exact) mass is 182 g/mol. The van der Waals surface area contributed by atoms with E-state index in [4.69, 9.17) is 9.52 Å². The second-order valence-electron chi connectivity index (χ2n) is 2.34. The summed E-state index contributed by atoms with van der Waals surface area (Å²) in [6.45, 7) is 4.55. The minimum absolute atomic E-state index is 0.143. The molecule has 0 aromatic carbocycles. The number of aromatic nitrogens is 1. The van der Waals surface area contributed by atoms with Crippen molar-refractivity contribution in [1.82, 2.24) is 10.3 Å². The Labute approximate surface area is 75.1 Å². The van der Waals surface area contributed by atoms with Crippen molar-refractivity contribution in [3.05, 3.63) is 30.5 Å². The fraction of sp³-hybridized carbons (Fsp3) is 0.250. The maximum absolute atomic E-state index is 10.4. The van der Waals surface area contributed by atoms with Crippen LogP contribution < -0.4 is 5.32 Å². The highest BCUT2D eigenvalue weighted by atomic mass is 16.4. The Morgan fingerprint density at radius 2 is 2.62 bits per heavy atom. The van der Waals surface area contributed by atoms with E-state index in [0.717, 1.165) is 0 Å². The van der Waals surface area contributed by atoms with Gasteiger partial charge < -0.3 is 14.8 Å². The molecule has 0 atom stereocenters. The SMILES string of the molecule is C=CCNCc1ncc(C(=O)O)o1. The Morgan fingerprint density at radius 1 is 1.85 bits per heavy atom. The first-order chi connectivity index (χ1) is 6.24. The van der Waals surface area contributed by atoms with Crippen molar-refractivity contribution in [2.45, 2.75) is 6.54 Å². The second-order valence-corrected chi connectivity index (χ2v) is 2.34. The van der Waals surface area contributed by atoms with Crippen LogP contribution in [0, 0.1) is 0 Å². The normalized spacial score (nSPS) is 9.85. The van der Waals surface area contributed by atoms with Crippen molar-refractivity contribution in [2.24, 2.45) is 0 Å². The average molecular weight is 182 g/mol. The van der Waals surface area contributed by atoms with Gasteiger partial charge in [0, 0.05) is 6.54 Å². The smallest absolute Gasteiger partial charge is 0.373 e. The lowest BCUT2D eigenvalue weighted by Gasteiger charge is -1.94. The first kappa shape index (κ1) is 9.47. The average Bonchev–Trinajstić information content (AvgIpc) is 2.53. The molecule has 0 aliphatic carbocycles. The lowest BCUT2D eigenvalue weighted by molar-refractivity contribution is 0.0660. The molecule has 1 aromatic rings. The predicted molar refractivity (Wildman–Crippen MR) is 45.4 cm³/mol. The molecule has 0 saturated heterocycles. The second kappa shape index (κ2) is 4.42. The number of nitrogens with zero attached hydrogens (tertiary/aromatic N) is 1. The van der Waals surface area contributed by atoms with Gasteiger partial charge in [0.1, 0.15) is 0 Å². The van der Waals surface area contributed by atoms with Gasteiger partial charge in [-0.15, -0.1) is 6.58 Å². The number of hydrogen-bond acceptors (Lipinski definition) is 4. The van der Waals surface area contributed by atoms with Crippen LogP contribution in [-0.4, -0.2) is 22.6 Å². The molecule has 70 valence electrons. The van der Waals surface area contributed by atoms with Gasteiger partial charge in [-0.2, -0.15) is 0 Å². The largest absolute Gasteiger partial charge is 0.475 e. The number of carboxylic acid groups (broad SMARTS) is 1. The van der Waals surface area contributed by atoms with Crippen LogP contribution in [0.15, 0.2) is 23.3 Å². The van der Waals surface area contributed by atoms with Crippen LogP contribution in [0.4, 0.5) is 0 Å². The summed E-state index contributed by atoms with van der Waals surface area (Å²) in [7, 11) is 0. The van der Waals surface area contributed by atoms with Crippen molar-refractivity contribution in [3.8, 4) is 0 Å². The van der Waals surface area contributed by atoms with Gasteiger partial charge in [0.05, 0.1) is 12.7 Å². The third kappa shape index (κ3) is 2.72. The van der Waals surface area contributed by atoms with E-state index in [2.05, 4.69) is 16.9 Å². The Balaban J connectivity index is 2.49. The Kier molecular flexibility index (Phi) is 3.22. The molecule has 0 unspecified atom stereocenters. The highest BCUT2D eigenvalue weighted by Gasteiger charge is 2.09. The van der Waals surface area contributed by atoms with Crippen LogP contribution in [0.1, 0.15) is 16.4 Å². The van der Waals surface area contributed by atoms with Gasteiger partial charge in [0.25, 0.3) is 0 Å². The summed E-state index contributed by atoms with van der Waals surface area (Å²) in [5.74, 6) is -0.892. The number of aromatic carboxylic acids is 1. The van der Waals surface area contributed by atoms with Crippen molar-refractivity contribution < 1.29 is 14.3 Å². The number of rotatable bonds is 5. The van der Waals surface area contributed by atoms with E-state index >= 15 is 0 Å². The van der Waals surface area contributed by atoms with E-state index in [1.165, 1.54) is 6.20 Å². The molecule has 1 aromatic heterocycles. The molecule has 0 aliphatic rings. The quantitative estimate of drug-likeness (QED) is 0.516. The number of hydrogen-bond donors (Lipinski definition) is 2. The van der Waals surface area contributed by atoms with Crippen LogP contribution in [0.3, 0.4) is 0 Å². The lowest BCUT2D eigenvalue weighted by Crippen LogP contribution is -2.12. The highest BCUT2D eigenvalue weighted by Crippen LogP contribution is 2.02. The highest BCUT2D eigenvalue weighted by molar-refractivity contribution is 5.83. The van der Waals surface area contributed by atoms with E-state index < -0.39 is 5.97 Å². The molecule has 1 rings (SSSR count). The van der Waals surface area contributed by atoms with Gasteiger partial charge in [-0.05, 0) is 0 Å². The number of carbonyl (C=O) groups is 1. The Hall–Kier alpha value is -1.62. The van der Waals surface area contributed by atoms with Crippen LogP contribution in [-0.2, 0) is 6.54 Å². The summed E-state index contributed by atoms with van der Waals surface area (Å²) < 4.78 is 4.88. The molecule has 13 heavy (non-hydrogen) atoms. The Bertz CT molecular complexity index is 306. The van der Waals surface area contributed by atoms with Crippen LogP contribution in [0.2, 0.25) is 0 Å². The molecule has 1 heterocycles. The minimum Gasteiger partial charge on any atom is -0.475 e. The van der Waals surface area contributed by atoms with E-state index in [1.54, 1.807) is 6.08 Å². The molecule has 0 radical (unpaired) electrons. The van der Waals surface area contributed by atoms with Crippen molar-refractivity contribution in [3.63, 3.8) is 0 Å². The number of nitrogens with one attached hydrogen (secondary N) is 1. The lowest BCUT2D eigenvalue weighted by atomic mass is 10.5. The number of oxazole rings is 1. The molecule has 0 saturated carbocycles. The van der Waals surface area contributed by atoms with Crippen molar-refractivity contribution in [1.29, 1.82) is 0 Å². The molecular weight excluding hydrogens is 172 g/mol. The fourth-order valence-electron chi connectivity index (χ4n) is 0.772. The van der Waals surface area contributed by atoms with E-state index in [0.29, 0.717) is 19.0 Å². The van der Waals surface area contributed by atoms with Gasteiger partial charge in [-0.1, -0.05) is 6.08 Å². The zero-order chi connectivity index (χ0) is 9.68. The third-order valence-electron chi connectivity index (χ3n) is 1.33. The molecule has 0 fully saturated rings. The standard InChI is InChI=1S/C8H10N2O3/c1-2-3-9-5-7-10-4-6(13-7)8(11)12/h2,4,9H,1,3,5H2,(H,11,12). The van der Waals surface area contributed by atoms with E-state index in [1.807, 2.05) is 0 Å². The van der Waals surface area contributed by atoms with Gasteiger partial charge in [-0.25, -0.2) is 9.78 Å². The first-order valence-corrected chi connectivity index (χ1v) is 3.73. The van der Waals surface area contributed by atoms with Gasteiger partial charge >= 0.3 is 5.97 Å². The predicted octanol–water partition coefficient (Wildman–Crippen LogP) is 0.648. The summed E-state index contributed by atoms with van der Waals surface area (Å²) in [6, 6.07) is 0. The number of carboxylic acids is 1. The van der Waals surface area contributed by atoms with E-state index in [9.17, 15) is 4.79 Å². The van der Waals surface area contributed by atoms with Gasteiger partial charge in [0.15, 0.2) is 0 Å². The Morgan fingerprint density at radius 3 is 3.15 bits per heavy atom. The summed E-state index contributed by atoms with van der Waals surface area (Å²) in [6.07, 6.45) is 2.88. The maximum Gasteiger partial charge on any atom is 0.373 e. The topological polar surface area (TPSA) is 75.4 Å². The van der Waals surface area contributed by atoms with Gasteiger partial charge in [-0.3, -0.25) is 0 Å². The van der Waals surface area contributed by atoms with Crippen LogP contribution in [0.5, 0.6) is 0 Å². The molecule has 0 amide bonds. The van der Waals surface area contributed by atoms with Crippen LogP contribution in [0.25, 0.3) is 0 Å². The molecule has 0 bridgehead atoms. The third-order valence-corrected chi connectivity index (χ3v) is 1.33. The summed E-state index contributed by atoms with van der Waals surface area (Å²) in [5, 5.41) is 11.4. The summed E-state index contributed by atoms with van der Waals surface area (Å²) in [5.41, 5.74) is 0. The van der Waals surface area contributed by atoms with E-state index in [-0.39, 0.29) is 5.76 Å². The fourth-order valence-corrected chi connectivity index (χ4v) is 0.772. The molecular formula is C8H10N2O3. The molecule has 0 spiro atoms. The minimum atomic E-state index is -1.11. The molecule has 5 heteroatoms. The zero-order valence-corrected chi connectivity index (χ0v) is 6.99. The van der Waals surface area contributed by atoms with Crippen molar-refractivity contribution in [2.75, 3.05) is 6.54 Å². The summed E-state index contributed by atoms with van der Waals surface area (Å²) in [4.78, 5) is 14.1. The molecule has 5 nitrogen and oxygen atoms in total. The zero-order valence-electron chi connectivity index (χ0n) is 6.99. The van der Waals surface area contributed by atoms with Crippen LogP contribution >= 0.6 is 0 Å². The first-order valence-electron chi connectivity index (χ1n) is 3.73. The van der Waals surface area contributed by atoms with Crippen molar-refractivity contribution >= 4 is 5.97 Å². The molecule has 0 aliphatic heterocycles. The van der Waals surface area contributed by atoms with Gasteiger partial charge in [0.2, 0.25) is 11.7 Å². The molecule has 2 N–H and O–H groups in total. The maximum atomic E-state index is 10.4. The summed E-state index contributed by atoms with van der Waals surface area (Å²) >= 11 is 0.